The van der Waals surface area contributed by atoms with E-state index in [0.717, 1.165) is 11.1 Å². The third-order valence-corrected chi connectivity index (χ3v) is 6.38. The number of ether oxygens (including phenoxy) is 2. The minimum Gasteiger partial charge on any atom is -0.393 e. The van der Waals surface area contributed by atoms with E-state index in [-0.39, 0.29) is 63.3 Å². The first kappa shape index (κ1) is 33.4. The maximum atomic E-state index is 14.4. The molecule has 40 heavy (non-hydrogen) atoms. The molecule has 0 saturated heterocycles. The quantitative estimate of drug-likeness (QED) is 0.130. The van der Waals surface area contributed by atoms with Crippen LogP contribution in [0.25, 0.3) is 0 Å². The molecular weight excluding hydrogens is 524 g/mol. The molecule has 0 aliphatic carbocycles. The molecule has 2 rings (SSSR count). The Morgan fingerprint density at radius 2 is 1.02 bits per heavy atom. The van der Waals surface area contributed by atoms with Gasteiger partial charge in [0.2, 0.25) is 0 Å². The van der Waals surface area contributed by atoms with Crippen molar-refractivity contribution in [3.05, 3.63) is 108 Å². The first-order valence-electron chi connectivity index (χ1n) is 13.4. The van der Waals surface area contributed by atoms with Gasteiger partial charge in [-0.3, -0.25) is 0 Å². The lowest BCUT2D eigenvalue weighted by Crippen LogP contribution is -2.24. The van der Waals surface area contributed by atoms with Crippen LogP contribution in [-0.4, -0.2) is 47.5 Å². The minimum atomic E-state index is -3.18. The smallest absolute Gasteiger partial charge is 0.271 e. The first-order chi connectivity index (χ1) is 19.0. The van der Waals surface area contributed by atoms with Crippen LogP contribution in [-0.2, 0) is 22.7 Å². The number of hydrogen-bond acceptors (Lipinski definition) is 4. The summed E-state index contributed by atoms with van der Waals surface area (Å²) in [6.45, 7) is 6.70. The van der Waals surface area contributed by atoms with Crippen molar-refractivity contribution >= 4 is 0 Å². The number of aliphatic hydroxyl groups excluding tert-OH is 2. The van der Waals surface area contributed by atoms with Crippen LogP contribution in [0.4, 0.5) is 17.6 Å². The van der Waals surface area contributed by atoms with Crippen molar-refractivity contribution in [3.63, 3.8) is 0 Å². The summed E-state index contributed by atoms with van der Waals surface area (Å²) in [5.41, 5.74) is 1.04. The van der Waals surface area contributed by atoms with Gasteiger partial charge in [-0.2, -0.15) is 0 Å². The molecule has 0 aromatic heterocycles. The van der Waals surface area contributed by atoms with E-state index in [0.29, 0.717) is 0 Å². The van der Waals surface area contributed by atoms with Crippen LogP contribution in [0.2, 0.25) is 0 Å². The fourth-order valence-electron chi connectivity index (χ4n) is 3.74. The zero-order chi connectivity index (χ0) is 29.4. The Morgan fingerprint density at radius 3 is 1.38 bits per heavy atom. The third kappa shape index (κ3) is 13.0. The number of halogens is 4. The fraction of sp³-hybridized carbons (Fsp3) is 0.438. The summed E-state index contributed by atoms with van der Waals surface area (Å²) in [7, 11) is 0. The van der Waals surface area contributed by atoms with E-state index < -0.39 is 36.9 Å². The lowest BCUT2D eigenvalue weighted by molar-refractivity contribution is -0.00219. The predicted octanol–water partition coefficient (Wildman–Crippen LogP) is 7.42. The van der Waals surface area contributed by atoms with Crippen molar-refractivity contribution in [1.29, 1.82) is 0 Å². The highest BCUT2D eigenvalue weighted by atomic mass is 19.3. The summed E-state index contributed by atoms with van der Waals surface area (Å²) in [4.78, 5) is 0. The topological polar surface area (TPSA) is 58.9 Å². The second-order valence-electron chi connectivity index (χ2n) is 9.90. The van der Waals surface area contributed by atoms with E-state index >= 15 is 0 Å². The van der Waals surface area contributed by atoms with Crippen LogP contribution in [0.15, 0.2) is 97.1 Å². The molecule has 0 aliphatic heterocycles. The van der Waals surface area contributed by atoms with Crippen LogP contribution in [0.5, 0.6) is 0 Å². The summed E-state index contributed by atoms with van der Waals surface area (Å²) < 4.78 is 68.1. The highest BCUT2D eigenvalue weighted by Gasteiger charge is 2.34. The van der Waals surface area contributed by atoms with Gasteiger partial charge in [-0.25, -0.2) is 17.6 Å². The molecule has 0 bridgehead atoms. The fourth-order valence-corrected chi connectivity index (χ4v) is 3.74. The van der Waals surface area contributed by atoms with Crippen molar-refractivity contribution in [2.45, 2.75) is 75.8 Å². The van der Waals surface area contributed by atoms with Gasteiger partial charge >= 0.3 is 0 Å². The zero-order valence-corrected chi connectivity index (χ0v) is 22.8. The Bertz CT molecular complexity index is 958. The van der Waals surface area contributed by atoms with Crippen molar-refractivity contribution in [2.24, 2.45) is 0 Å². The van der Waals surface area contributed by atoms with Gasteiger partial charge in [0, 0.05) is 24.0 Å². The maximum absolute atomic E-state index is 14.4. The molecule has 2 aromatic carbocycles. The van der Waals surface area contributed by atoms with Gasteiger partial charge in [-0.05, 0) is 36.8 Å². The molecule has 8 heteroatoms. The summed E-state index contributed by atoms with van der Waals surface area (Å²) in [6.07, 6.45) is -0.176. The number of alkyl halides is 4. The van der Waals surface area contributed by atoms with Gasteiger partial charge in [0.25, 0.3) is 11.8 Å². The number of rotatable bonds is 20. The SMILES string of the molecule is C=C(COCc1ccccc1)C(F)(F)CCC(O)C/C=C/CC(O)CCC(F)(F)C(=C)COCc1ccccc1. The van der Waals surface area contributed by atoms with Crippen LogP contribution in [0, 0.1) is 0 Å². The molecule has 2 aromatic rings. The van der Waals surface area contributed by atoms with E-state index in [2.05, 4.69) is 13.2 Å². The Morgan fingerprint density at radius 1 is 0.675 bits per heavy atom. The largest absolute Gasteiger partial charge is 0.393 e. The zero-order valence-electron chi connectivity index (χ0n) is 22.8. The molecule has 0 aliphatic rings. The number of aliphatic hydroxyl groups is 2. The van der Waals surface area contributed by atoms with Crippen molar-refractivity contribution in [2.75, 3.05) is 13.2 Å². The molecule has 0 saturated carbocycles. The normalized spacial score (nSPS) is 13.8. The van der Waals surface area contributed by atoms with Crippen LogP contribution in [0.3, 0.4) is 0 Å². The highest BCUT2D eigenvalue weighted by Crippen LogP contribution is 2.31. The summed E-state index contributed by atoms with van der Waals surface area (Å²) in [5.74, 6) is -6.36. The molecule has 2 atom stereocenters. The molecule has 0 fully saturated rings. The van der Waals surface area contributed by atoms with Crippen molar-refractivity contribution in [1.82, 2.24) is 0 Å². The van der Waals surface area contributed by atoms with Crippen molar-refractivity contribution in [3.8, 4) is 0 Å². The van der Waals surface area contributed by atoms with Gasteiger partial charge in [0.15, 0.2) is 0 Å². The molecule has 2 N–H and O–H groups in total. The van der Waals surface area contributed by atoms with E-state index in [1.165, 1.54) is 0 Å². The van der Waals surface area contributed by atoms with Crippen molar-refractivity contribution < 1.29 is 37.2 Å². The predicted molar refractivity (Wildman–Crippen MR) is 149 cm³/mol. The maximum Gasteiger partial charge on any atom is 0.271 e. The highest BCUT2D eigenvalue weighted by molar-refractivity contribution is 5.15. The van der Waals surface area contributed by atoms with Crippen LogP contribution < -0.4 is 0 Å². The van der Waals surface area contributed by atoms with E-state index in [1.54, 1.807) is 12.2 Å². The monoisotopic (exact) mass is 564 g/mol. The minimum absolute atomic E-state index is 0.103. The Kier molecular flexibility index (Phi) is 14.3. The Balaban J connectivity index is 1.60. The van der Waals surface area contributed by atoms with E-state index in [9.17, 15) is 27.8 Å². The lowest BCUT2D eigenvalue weighted by atomic mass is 10.0. The van der Waals surface area contributed by atoms with E-state index in [4.69, 9.17) is 9.47 Å². The average Bonchev–Trinajstić information content (AvgIpc) is 2.94. The molecule has 0 radical (unpaired) electrons. The van der Waals surface area contributed by atoms with Gasteiger partial charge in [-0.15, -0.1) is 0 Å². The number of benzene rings is 2. The number of hydrogen-bond donors (Lipinski definition) is 2. The molecule has 220 valence electrons. The summed E-state index contributed by atoms with van der Waals surface area (Å²) >= 11 is 0. The lowest BCUT2D eigenvalue weighted by Gasteiger charge is -2.21. The van der Waals surface area contributed by atoms with Gasteiger partial charge < -0.3 is 19.7 Å². The summed E-state index contributed by atoms with van der Waals surface area (Å²) in [6, 6.07) is 18.4. The van der Waals surface area contributed by atoms with Gasteiger partial charge in [-0.1, -0.05) is 86.0 Å². The van der Waals surface area contributed by atoms with Crippen LogP contribution >= 0.6 is 0 Å². The molecular formula is C32H40F4O4. The van der Waals surface area contributed by atoms with Crippen LogP contribution in [0.1, 0.15) is 49.7 Å². The average molecular weight is 565 g/mol. The Hall–Kier alpha value is -2.78. The standard InChI is InChI=1S/C32H40F4O4/c1-25(21-39-23-27-11-5-3-6-12-27)31(33,34)19-17-29(37)15-9-10-16-30(38)18-20-32(35,36)26(2)22-40-24-28-13-7-4-8-14-28/h3-14,29-30,37-38H,1-2,15-24H2/b10-9+. The summed E-state index contributed by atoms with van der Waals surface area (Å²) in [5, 5.41) is 20.1. The third-order valence-electron chi connectivity index (χ3n) is 6.38. The second kappa shape index (κ2) is 17.1. The molecule has 0 heterocycles. The molecule has 0 spiro atoms. The van der Waals surface area contributed by atoms with Gasteiger partial charge in [0.1, 0.15) is 0 Å². The second-order valence-corrected chi connectivity index (χ2v) is 9.90. The first-order valence-corrected chi connectivity index (χ1v) is 13.4. The van der Waals surface area contributed by atoms with E-state index in [1.807, 2.05) is 60.7 Å². The molecule has 4 nitrogen and oxygen atoms in total. The molecule has 0 amide bonds. The van der Waals surface area contributed by atoms with Gasteiger partial charge in [0.05, 0.1) is 38.6 Å². The Labute approximate surface area is 234 Å². The molecule has 2 unspecified atom stereocenters.